The third-order valence-corrected chi connectivity index (χ3v) is 3.70. The molecule has 1 fully saturated rings. The van der Waals surface area contributed by atoms with Gasteiger partial charge in [0, 0.05) is 6.54 Å². The van der Waals surface area contributed by atoms with E-state index in [1.54, 1.807) is 11.8 Å². The van der Waals surface area contributed by atoms with E-state index in [1.807, 2.05) is 31.5 Å². The van der Waals surface area contributed by atoms with Gasteiger partial charge in [0.05, 0.1) is 17.9 Å². The largest absolute Gasteiger partial charge is 0.343 e. The monoisotopic (exact) mass is 278 g/mol. The summed E-state index contributed by atoms with van der Waals surface area (Å²) in [7, 11) is 0. The molecule has 1 aliphatic heterocycles. The lowest BCUT2D eigenvalue weighted by Gasteiger charge is -2.37. The molecule has 2 amide bonds. The van der Waals surface area contributed by atoms with E-state index in [-0.39, 0.29) is 17.9 Å². The molecular weight excluding hydrogens is 256 g/mol. The molecule has 0 radical (unpaired) electrons. The first-order chi connectivity index (χ1) is 9.47. The van der Waals surface area contributed by atoms with Gasteiger partial charge in [0.25, 0.3) is 0 Å². The van der Waals surface area contributed by atoms with Gasteiger partial charge < -0.3 is 10.2 Å². The molecule has 6 heteroatoms. The predicted molar refractivity (Wildman–Crippen MR) is 74.9 cm³/mol. The third-order valence-electron chi connectivity index (χ3n) is 3.70. The zero-order valence-corrected chi connectivity index (χ0v) is 12.5. The predicted octanol–water partition coefficient (Wildman–Crippen LogP) is 0.837. The summed E-state index contributed by atoms with van der Waals surface area (Å²) in [5, 5.41) is 7.11. The SMILES string of the molecule is CCC1C(=O)NC(C)C(=O)N1Cc1cc(C)nn1CC. The van der Waals surface area contributed by atoms with Crippen molar-refractivity contribution in [3.05, 3.63) is 17.5 Å². The Hall–Kier alpha value is -1.85. The van der Waals surface area contributed by atoms with Gasteiger partial charge in [0.1, 0.15) is 12.1 Å². The molecule has 0 bridgehead atoms. The lowest BCUT2D eigenvalue weighted by molar-refractivity contribution is -0.149. The molecule has 0 aliphatic carbocycles. The number of hydrogen-bond donors (Lipinski definition) is 1. The molecule has 1 aliphatic rings. The standard InChI is InChI=1S/C14H22N4O2/c1-5-12-13(19)15-10(4)14(20)17(12)8-11-7-9(3)16-18(11)6-2/h7,10,12H,5-6,8H2,1-4H3,(H,15,19). The zero-order valence-electron chi connectivity index (χ0n) is 12.5. The smallest absolute Gasteiger partial charge is 0.245 e. The minimum absolute atomic E-state index is 0.0297. The summed E-state index contributed by atoms with van der Waals surface area (Å²) in [5.41, 5.74) is 1.90. The van der Waals surface area contributed by atoms with Crippen molar-refractivity contribution >= 4 is 11.8 Å². The maximum atomic E-state index is 12.3. The van der Waals surface area contributed by atoms with Crippen LogP contribution < -0.4 is 5.32 Å². The van der Waals surface area contributed by atoms with Crippen LogP contribution in [0.3, 0.4) is 0 Å². The summed E-state index contributed by atoms with van der Waals surface area (Å²) in [4.78, 5) is 26.0. The molecule has 0 spiro atoms. The van der Waals surface area contributed by atoms with Gasteiger partial charge in [-0.3, -0.25) is 14.3 Å². The molecule has 6 nitrogen and oxygen atoms in total. The molecule has 0 saturated carbocycles. The van der Waals surface area contributed by atoms with Gasteiger partial charge in [-0.25, -0.2) is 0 Å². The molecule has 20 heavy (non-hydrogen) atoms. The normalized spacial score (nSPS) is 23.1. The fourth-order valence-electron chi connectivity index (χ4n) is 2.68. The molecule has 0 aromatic carbocycles. The first-order valence-corrected chi connectivity index (χ1v) is 7.12. The van der Waals surface area contributed by atoms with E-state index in [1.165, 1.54) is 0 Å². The molecule has 1 aromatic heterocycles. The minimum atomic E-state index is -0.454. The molecule has 1 aromatic rings. The number of carbonyl (C=O) groups excluding carboxylic acids is 2. The van der Waals surface area contributed by atoms with Gasteiger partial charge in [0.2, 0.25) is 11.8 Å². The molecule has 1 saturated heterocycles. The number of piperazine rings is 1. The Morgan fingerprint density at radius 3 is 2.65 bits per heavy atom. The quantitative estimate of drug-likeness (QED) is 0.887. The highest BCUT2D eigenvalue weighted by Gasteiger charge is 2.37. The Balaban J connectivity index is 2.28. The Kier molecular flexibility index (Phi) is 4.11. The lowest BCUT2D eigenvalue weighted by Crippen LogP contribution is -2.61. The average molecular weight is 278 g/mol. The van der Waals surface area contributed by atoms with Crippen molar-refractivity contribution in [2.45, 2.75) is 59.3 Å². The molecule has 2 unspecified atom stereocenters. The number of nitrogens with zero attached hydrogens (tertiary/aromatic N) is 3. The van der Waals surface area contributed by atoms with Gasteiger partial charge >= 0.3 is 0 Å². The number of amides is 2. The first-order valence-electron chi connectivity index (χ1n) is 7.12. The highest BCUT2D eigenvalue weighted by Crippen LogP contribution is 2.17. The first kappa shape index (κ1) is 14.6. The van der Waals surface area contributed by atoms with Crippen molar-refractivity contribution in [2.75, 3.05) is 0 Å². The van der Waals surface area contributed by atoms with Crippen LogP contribution >= 0.6 is 0 Å². The Bertz CT molecular complexity index is 523. The Morgan fingerprint density at radius 2 is 2.05 bits per heavy atom. The van der Waals surface area contributed by atoms with Crippen LogP contribution in [0.5, 0.6) is 0 Å². The number of carbonyl (C=O) groups is 2. The molecular formula is C14H22N4O2. The lowest BCUT2D eigenvalue weighted by atomic mass is 10.1. The van der Waals surface area contributed by atoms with Crippen molar-refractivity contribution < 1.29 is 9.59 Å². The fraction of sp³-hybridized carbons (Fsp3) is 0.643. The van der Waals surface area contributed by atoms with E-state index >= 15 is 0 Å². The summed E-state index contributed by atoms with van der Waals surface area (Å²) >= 11 is 0. The van der Waals surface area contributed by atoms with Gasteiger partial charge in [-0.1, -0.05) is 6.92 Å². The van der Waals surface area contributed by atoms with Crippen LogP contribution in [-0.4, -0.2) is 38.6 Å². The Labute approximate surface area is 119 Å². The van der Waals surface area contributed by atoms with Crippen molar-refractivity contribution in [2.24, 2.45) is 0 Å². The number of hydrogen-bond acceptors (Lipinski definition) is 3. The second-order valence-corrected chi connectivity index (χ2v) is 5.21. The summed E-state index contributed by atoms with van der Waals surface area (Å²) in [5.74, 6) is -0.100. The highest BCUT2D eigenvalue weighted by molar-refractivity contribution is 5.96. The maximum Gasteiger partial charge on any atom is 0.245 e. The Morgan fingerprint density at radius 1 is 1.35 bits per heavy atom. The second kappa shape index (κ2) is 5.64. The van der Waals surface area contributed by atoms with E-state index < -0.39 is 6.04 Å². The van der Waals surface area contributed by atoms with Crippen LogP contribution in [0.2, 0.25) is 0 Å². The molecule has 2 heterocycles. The van der Waals surface area contributed by atoms with Crippen LogP contribution in [0.25, 0.3) is 0 Å². The van der Waals surface area contributed by atoms with E-state index in [2.05, 4.69) is 10.4 Å². The van der Waals surface area contributed by atoms with Crippen LogP contribution in [-0.2, 0) is 22.7 Å². The van der Waals surface area contributed by atoms with Crippen molar-refractivity contribution in [3.8, 4) is 0 Å². The molecule has 110 valence electrons. The van der Waals surface area contributed by atoms with E-state index in [0.717, 1.165) is 17.9 Å². The summed E-state index contributed by atoms with van der Waals surface area (Å²) in [6.45, 7) is 8.78. The van der Waals surface area contributed by atoms with Gasteiger partial charge in [-0.15, -0.1) is 0 Å². The summed E-state index contributed by atoms with van der Waals surface area (Å²) in [6, 6.07) is 1.13. The summed E-state index contributed by atoms with van der Waals surface area (Å²) in [6.07, 6.45) is 0.615. The van der Waals surface area contributed by atoms with Crippen molar-refractivity contribution in [1.29, 1.82) is 0 Å². The van der Waals surface area contributed by atoms with Crippen LogP contribution in [0, 0.1) is 6.92 Å². The molecule has 2 atom stereocenters. The van der Waals surface area contributed by atoms with Crippen molar-refractivity contribution in [3.63, 3.8) is 0 Å². The second-order valence-electron chi connectivity index (χ2n) is 5.21. The number of aryl methyl sites for hydroxylation is 2. The highest BCUT2D eigenvalue weighted by atomic mass is 16.2. The topological polar surface area (TPSA) is 67.2 Å². The summed E-state index contributed by atoms with van der Waals surface area (Å²) < 4.78 is 1.88. The van der Waals surface area contributed by atoms with E-state index in [4.69, 9.17) is 0 Å². The average Bonchev–Trinajstić information content (AvgIpc) is 2.76. The third kappa shape index (κ3) is 2.55. The van der Waals surface area contributed by atoms with Gasteiger partial charge in [-0.05, 0) is 33.3 Å². The zero-order chi connectivity index (χ0) is 14.9. The van der Waals surface area contributed by atoms with Crippen molar-refractivity contribution in [1.82, 2.24) is 20.0 Å². The van der Waals surface area contributed by atoms with E-state index in [9.17, 15) is 9.59 Å². The maximum absolute atomic E-state index is 12.3. The minimum Gasteiger partial charge on any atom is -0.343 e. The van der Waals surface area contributed by atoms with E-state index in [0.29, 0.717) is 13.0 Å². The van der Waals surface area contributed by atoms with Crippen LogP contribution in [0.4, 0.5) is 0 Å². The number of aromatic nitrogens is 2. The fourth-order valence-corrected chi connectivity index (χ4v) is 2.68. The molecule has 2 rings (SSSR count). The number of rotatable bonds is 4. The van der Waals surface area contributed by atoms with Gasteiger partial charge in [-0.2, -0.15) is 5.10 Å². The number of nitrogens with one attached hydrogen (secondary N) is 1. The van der Waals surface area contributed by atoms with Crippen LogP contribution in [0.1, 0.15) is 38.6 Å². The van der Waals surface area contributed by atoms with Crippen LogP contribution in [0.15, 0.2) is 6.07 Å². The molecule has 1 N–H and O–H groups in total. The van der Waals surface area contributed by atoms with Gasteiger partial charge in [0.15, 0.2) is 0 Å².